The van der Waals surface area contributed by atoms with Gasteiger partial charge in [0.25, 0.3) is 0 Å². The van der Waals surface area contributed by atoms with Crippen LogP contribution >= 0.6 is 0 Å². The van der Waals surface area contributed by atoms with Crippen LogP contribution in [0.1, 0.15) is 19.8 Å². The van der Waals surface area contributed by atoms with Gasteiger partial charge in [-0.25, -0.2) is 0 Å². The number of β-lactam (4-membered cyclic amide) rings is 1. The Morgan fingerprint density at radius 2 is 2.57 bits per heavy atom. The van der Waals surface area contributed by atoms with Crippen molar-refractivity contribution >= 4 is 5.91 Å². The van der Waals surface area contributed by atoms with Crippen molar-refractivity contribution in [3.63, 3.8) is 0 Å². The summed E-state index contributed by atoms with van der Waals surface area (Å²) in [6.07, 6.45) is 3.04. The van der Waals surface area contributed by atoms with Gasteiger partial charge in [-0.05, 0) is 13.3 Å². The standard InChI is InChI=1S/C11H15NO2/c1-3-5-7-12-10(13)9-11(12)14-8-6-4-2/h4,11H,2,6-9H2,1H3. The largest absolute Gasteiger partial charge is 0.357 e. The van der Waals surface area contributed by atoms with Crippen molar-refractivity contribution in [2.45, 2.75) is 26.0 Å². The predicted molar refractivity (Wildman–Crippen MR) is 54.3 cm³/mol. The summed E-state index contributed by atoms with van der Waals surface area (Å²) in [5.41, 5.74) is 0. The quantitative estimate of drug-likeness (QED) is 0.284. The fourth-order valence-corrected chi connectivity index (χ4v) is 1.22. The highest BCUT2D eigenvalue weighted by molar-refractivity contribution is 5.82. The van der Waals surface area contributed by atoms with Crippen LogP contribution in [0.2, 0.25) is 0 Å². The molecule has 76 valence electrons. The number of hydrogen-bond donors (Lipinski definition) is 0. The van der Waals surface area contributed by atoms with E-state index in [4.69, 9.17) is 4.74 Å². The maximum Gasteiger partial charge on any atom is 0.229 e. The van der Waals surface area contributed by atoms with Gasteiger partial charge in [0.2, 0.25) is 5.91 Å². The van der Waals surface area contributed by atoms with Crippen LogP contribution in [0.25, 0.3) is 0 Å². The lowest BCUT2D eigenvalue weighted by Gasteiger charge is -2.38. The van der Waals surface area contributed by atoms with Crippen LogP contribution in [0.15, 0.2) is 12.7 Å². The number of ether oxygens (including phenoxy) is 1. The topological polar surface area (TPSA) is 29.5 Å². The van der Waals surface area contributed by atoms with Gasteiger partial charge in [-0.2, -0.15) is 0 Å². The van der Waals surface area contributed by atoms with Crippen molar-refractivity contribution < 1.29 is 9.53 Å². The third kappa shape index (κ3) is 2.61. The first kappa shape index (κ1) is 10.8. The number of likely N-dealkylation sites (tertiary alicyclic amines) is 1. The van der Waals surface area contributed by atoms with E-state index >= 15 is 0 Å². The first-order chi connectivity index (χ1) is 6.79. The molecule has 0 N–H and O–H groups in total. The fourth-order valence-electron chi connectivity index (χ4n) is 1.22. The van der Waals surface area contributed by atoms with Gasteiger partial charge < -0.3 is 9.64 Å². The molecule has 1 saturated heterocycles. The number of hydrogen-bond acceptors (Lipinski definition) is 2. The summed E-state index contributed by atoms with van der Waals surface area (Å²) in [5, 5.41) is 0. The summed E-state index contributed by atoms with van der Waals surface area (Å²) < 4.78 is 5.46. The first-order valence-electron chi connectivity index (χ1n) is 4.71. The molecule has 3 heteroatoms. The Balaban J connectivity index is 2.27. The van der Waals surface area contributed by atoms with Gasteiger partial charge in [0.15, 0.2) is 0 Å². The molecule has 0 bridgehead atoms. The van der Waals surface area contributed by atoms with Crippen LogP contribution in [0.4, 0.5) is 0 Å². The zero-order valence-electron chi connectivity index (χ0n) is 8.45. The zero-order chi connectivity index (χ0) is 10.4. The normalized spacial score (nSPS) is 19.6. The van der Waals surface area contributed by atoms with E-state index in [0.29, 0.717) is 19.6 Å². The van der Waals surface area contributed by atoms with Crippen LogP contribution < -0.4 is 0 Å². The van der Waals surface area contributed by atoms with Crippen molar-refractivity contribution in [3.8, 4) is 11.8 Å². The molecular formula is C11H15NO2. The lowest BCUT2D eigenvalue weighted by Crippen LogP contribution is -2.54. The lowest BCUT2D eigenvalue weighted by molar-refractivity contribution is -0.171. The minimum Gasteiger partial charge on any atom is -0.357 e. The lowest BCUT2D eigenvalue weighted by atomic mass is 10.1. The zero-order valence-corrected chi connectivity index (χ0v) is 8.45. The second kappa shape index (κ2) is 5.46. The van der Waals surface area contributed by atoms with Crippen molar-refractivity contribution in [2.75, 3.05) is 13.2 Å². The van der Waals surface area contributed by atoms with E-state index in [1.165, 1.54) is 0 Å². The van der Waals surface area contributed by atoms with E-state index in [2.05, 4.69) is 18.4 Å². The molecule has 0 aromatic heterocycles. The molecule has 0 saturated carbocycles. The average Bonchev–Trinajstić information content (AvgIpc) is 2.17. The summed E-state index contributed by atoms with van der Waals surface area (Å²) in [6, 6.07) is 0. The molecule has 1 unspecified atom stereocenters. The Hall–Kier alpha value is -1.27. The minimum atomic E-state index is -0.0664. The van der Waals surface area contributed by atoms with Crippen LogP contribution in [0, 0.1) is 11.8 Å². The molecule has 0 radical (unpaired) electrons. The third-order valence-electron chi connectivity index (χ3n) is 2.08. The number of carbonyl (C=O) groups excluding carboxylic acids is 1. The van der Waals surface area contributed by atoms with Crippen LogP contribution in [0.5, 0.6) is 0 Å². The van der Waals surface area contributed by atoms with E-state index in [1.54, 1.807) is 17.9 Å². The fraction of sp³-hybridized carbons (Fsp3) is 0.545. The molecule has 0 aliphatic carbocycles. The third-order valence-corrected chi connectivity index (χ3v) is 2.08. The molecule has 0 spiro atoms. The van der Waals surface area contributed by atoms with Gasteiger partial charge >= 0.3 is 0 Å². The van der Waals surface area contributed by atoms with Crippen molar-refractivity contribution in [2.24, 2.45) is 0 Å². The Labute approximate surface area is 84.7 Å². The van der Waals surface area contributed by atoms with Crippen LogP contribution in [0.3, 0.4) is 0 Å². The van der Waals surface area contributed by atoms with E-state index in [1.807, 2.05) is 0 Å². The number of nitrogens with zero attached hydrogens (tertiary/aromatic N) is 1. The van der Waals surface area contributed by atoms with Crippen molar-refractivity contribution in [3.05, 3.63) is 12.7 Å². The second-order valence-electron chi connectivity index (χ2n) is 3.06. The molecule has 1 aliphatic rings. The maximum absolute atomic E-state index is 11.1. The summed E-state index contributed by atoms with van der Waals surface area (Å²) in [4.78, 5) is 12.8. The van der Waals surface area contributed by atoms with E-state index < -0.39 is 0 Å². The Morgan fingerprint density at radius 1 is 1.79 bits per heavy atom. The van der Waals surface area contributed by atoms with E-state index in [-0.39, 0.29) is 12.1 Å². The van der Waals surface area contributed by atoms with Crippen molar-refractivity contribution in [1.29, 1.82) is 0 Å². The highest BCUT2D eigenvalue weighted by Crippen LogP contribution is 2.19. The molecule has 1 fully saturated rings. The Bertz CT molecular complexity index is 275. The smallest absolute Gasteiger partial charge is 0.229 e. The molecule has 0 aromatic carbocycles. The molecular weight excluding hydrogens is 178 g/mol. The average molecular weight is 193 g/mol. The molecule has 1 aliphatic heterocycles. The summed E-state index contributed by atoms with van der Waals surface area (Å²) in [7, 11) is 0. The Morgan fingerprint density at radius 3 is 3.14 bits per heavy atom. The van der Waals surface area contributed by atoms with Gasteiger partial charge in [0, 0.05) is 0 Å². The molecule has 1 rings (SSSR count). The van der Waals surface area contributed by atoms with E-state index in [0.717, 1.165) is 6.42 Å². The first-order valence-corrected chi connectivity index (χ1v) is 4.71. The second-order valence-corrected chi connectivity index (χ2v) is 3.06. The van der Waals surface area contributed by atoms with Gasteiger partial charge in [-0.3, -0.25) is 4.79 Å². The monoisotopic (exact) mass is 193 g/mol. The summed E-state index contributed by atoms with van der Waals surface area (Å²) in [6.45, 7) is 6.47. The molecule has 1 heterocycles. The number of rotatable bonds is 5. The number of amides is 1. The molecule has 3 nitrogen and oxygen atoms in total. The highest BCUT2D eigenvalue weighted by Gasteiger charge is 2.35. The van der Waals surface area contributed by atoms with Gasteiger partial charge in [0.1, 0.15) is 6.23 Å². The van der Waals surface area contributed by atoms with Crippen molar-refractivity contribution in [1.82, 2.24) is 4.90 Å². The Kier molecular flexibility index (Phi) is 4.21. The SMILES string of the molecule is C=CCCOC1CC(=O)N1CC#CC. The predicted octanol–water partition coefficient (Wildman–Crippen LogP) is 1.16. The summed E-state index contributed by atoms with van der Waals surface area (Å²) >= 11 is 0. The van der Waals surface area contributed by atoms with Crippen LogP contribution in [-0.4, -0.2) is 30.2 Å². The molecule has 14 heavy (non-hydrogen) atoms. The molecule has 0 aromatic rings. The molecule has 1 amide bonds. The van der Waals surface area contributed by atoms with E-state index in [9.17, 15) is 4.79 Å². The minimum absolute atomic E-state index is 0.0664. The molecule has 1 atom stereocenters. The maximum atomic E-state index is 11.1. The highest BCUT2D eigenvalue weighted by atomic mass is 16.5. The number of carbonyl (C=O) groups is 1. The van der Waals surface area contributed by atoms with Crippen LogP contribution in [-0.2, 0) is 9.53 Å². The van der Waals surface area contributed by atoms with Gasteiger partial charge in [-0.15, -0.1) is 12.5 Å². The van der Waals surface area contributed by atoms with Gasteiger partial charge in [0.05, 0.1) is 19.6 Å². The van der Waals surface area contributed by atoms with Gasteiger partial charge in [-0.1, -0.05) is 12.0 Å². The summed E-state index contributed by atoms with van der Waals surface area (Å²) in [5.74, 6) is 5.74.